The number of para-hydroxylation sites is 1. The molecule has 0 radical (unpaired) electrons. The standard InChI is InChI=1S/C25H33N3O3S/c29-25(27-18-16-26(17-19-27)24-13-5-2-6-14-24)23-12-7-15-28(21-23)32(30,31)20-8-11-22-9-3-1-4-10-22/h1-6,9-10,13-14,23H,7-8,11-12,15-21H2. The van der Waals surface area contributed by atoms with Crippen LogP contribution in [0, 0.1) is 5.92 Å². The molecule has 172 valence electrons. The van der Waals surface area contributed by atoms with E-state index in [1.165, 1.54) is 5.69 Å². The number of anilines is 1. The minimum absolute atomic E-state index is 0.113. The van der Waals surface area contributed by atoms with Crippen molar-refractivity contribution in [1.82, 2.24) is 9.21 Å². The van der Waals surface area contributed by atoms with Crippen molar-refractivity contribution in [3.63, 3.8) is 0 Å². The molecule has 2 fully saturated rings. The lowest BCUT2D eigenvalue weighted by molar-refractivity contribution is -0.137. The van der Waals surface area contributed by atoms with E-state index in [9.17, 15) is 13.2 Å². The Morgan fingerprint density at radius 2 is 1.53 bits per heavy atom. The number of nitrogens with zero attached hydrogens (tertiary/aromatic N) is 3. The summed E-state index contributed by atoms with van der Waals surface area (Å²) in [6.45, 7) is 3.85. The summed E-state index contributed by atoms with van der Waals surface area (Å²) in [6, 6.07) is 20.2. The second-order valence-electron chi connectivity index (χ2n) is 8.75. The first-order valence-electron chi connectivity index (χ1n) is 11.6. The molecule has 7 heteroatoms. The van der Waals surface area contributed by atoms with Crippen molar-refractivity contribution in [3.05, 3.63) is 66.2 Å². The number of sulfonamides is 1. The molecule has 32 heavy (non-hydrogen) atoms. The number of piperidine rings is 1. The molecule has 4 rings (SSSR count). The Bertz CT molecular complexity index is 974. The molecule has 2 aliphatic heterocycles. The maximum atomic E-state index is 13.2. The minimum atomic E-state index is -3.34. The van der Waals surface area contributed by atoms with E-state index in [1.807, 2.05) is 53.4 Å². The average molecular weight is 456 g/mol. The summed E-state index contributed by atoms with van der Waals surface area (Å²) in [4.78, 5) is 17.4. The number of hydrogen-bond donors (Lipinski definition) is 0. The van der Waals surface area contributed by atoms with Crippen molar-refractivity contribution >= 4 is 21.6 Å². The van der Waals surface area contributed by atoms with E-state index in [0.717, 1.165) is 37.9 Å². The normalized spacial score (nSPS) is 20.3. The third-order valence-corrected chi connectivity index (χ3v) is 8.47. The number of benzene rings is 2. The molecule has 0 saturated carbocycles. The number of amides is 1. The second kappa shape index (κ2) is 10.5. The van der Waals surface area contributed by atoms with Crippen LogP contribution in [0.15, 0.2) is 60.7 Å². The first-order valence-corrected chi connectivity index (χ1v) is 13.2. The van der Waals surface area contributed by atoms with Gasteiger partial charge < -0.3 is 9.80 Å². The number of carbonyl (C=O) groups is 1. The second-order valence-corrected chi connectivity index (χ2v) is 10.8. The molecule has 0 N–H and O–H groups in total. The minimum Gasteiger partial charge on any atom is -0.368 e. The number of carbonyl (C=O) groups excluding carboxylic acids is 1. The Kier molecular flexibility index (Phi) is 7.48. The summed E-state index contributed by atoms with van der Waals surface area (Å²) in [5, 5.41) is 0. The van der Waals surface area contributed by atoms with E-state index < -0.39 is 10.0 Å². The lowest BCUT2D eigenvalue weighted by atomic mass is 9.97. The molecule has 0 aromatic heterocycles. The van der Waals surface area contributed by atoms with Crippen molar-refractivity contribution < 1.29 is 13.2 Å². The van der Waals surface area contributed by atoms with Crippen molar-refractivity contribution in [3.8, 4) is 0 Å². The number of piperazine rings is 1. The van der Waals surface area contributed by atoms with E-state index in [1.54, 1.807) is 4.31 Å². The third kappa shape index (κ3) is 5.70. The Morgan fingerprint density at radius 1 is 0.875 bits per heavy atom. The summed E-state index contributed by atoms with van der Waals surface area (Å²) in [6.07, 6.45) is 2.87. The highest BCUT2D eigenvalue weighted by Gasteiger charge is 2.35. The summed E-state index contributed by atoms with van der Waals surface area (Å²) in [7, 11) is -3.34. The summed E-state index contributed by atoms with van der Waals surface area (Å²) >= 11 is 0. The van der Waals surface area contributed by atoms with E-state index in [0.29, 0.717) is 32.6 Å². The van der Waals surface area contributed by atoms with Crippen LogP contribution < -0.4 is 4.90 Å². The van der Waals surface area contributed by atoms with Gasteiger partial charge in [-0.3, -0.25) is 4.79 Å². The fourth-order valence-electron chi connectivity index (χ4n) is 4.71. The fraction of sp³-hybridized carbons (Fsp3) is 0.480. The van der Waals surface area contributed by atoms with Crippen LogP contribution in [0.4, 0.5) is 5.69 Å². The van der Waals surface area contributed by atoms with Crippen LogP contribution in [0.5, 0.6) is 0 Å². The van der Waals surface area contributed by atoms with Crippen LogP contribution in [0.3, 0.4) is 0 Å². The monoisotopic (exact) mass is 455 g/mol. The van der Waals surface area contributed by atoms with Gasteiger partial charge in [-0.1, -0.05) is 48.5 Å². The number of aryl methyl sites for hydroxylation is 1. The predicted octanol–water partition coefficient (Wildman–Crippen LogP) is 3.01. The summed E-state index contributed by atoms with van der Waals surface area (Å²) in [5.41, 5.74) is 2.34. The van der Waals surface area contributed by atoms with Gasteiger partial charge in [0.15, 0.2) is 0 Å². The zero-order valence-corrected chi connectivity index (χ0v) is 19.4. The van der Waals surface area contributed by atoms with Gasteiger partial charge in [-0.2, -0.15) is 0 Å². The number of hydrogen-bond acceptors (Lipinski definition) is 4. The smallest absolute Gasteiger partial charge is 0.227 e. The Labute approximate surface area is 191 Å². The molecule has 1 amide bonds. The molecule has 2 aliphatic rings. The lowest BCUT2D eigenvalue weighted by Crippen LogP contribution is -2.53. The van der Waals surface area contributed by atoms with Gasteiger partial charge >= 0.3 is 0 Å². The molecule has 2 aromatic carbocycles. The fourth-order valence-corrected chi connectivity index (χ4v) is 6.29. The average Bonchev–Trinajstić information content (AvgIpc) is 2.85. The van der Waals surface area contributed by atoms with E-state index in [4.69, 9.17) is 0 Å². The highest BCUT2D eigenvalue weighted by molar-refractivity contribution is 7.89. The molecule has 1 atom stereocenters. The highest BCUT2D eigenvalue weighted by atomic mass is 32.2. The van der Waals surface area contributed by atoms with Gasteiger partial charge in [0.1, 0.15) is 0 Å². The highest BCUT2D eigenvalue weighted by Crippen LogP contribution is 2.24. The van der Waals surface area contributed by atoms with Gasteiger partial charge in [-0.15, -0.1) is 0 Å². The SMILES string of the molecule is O=C(C1CCCN(S(=O)(=O)CCCc2ccccc2)C1)N1CCN(c2ccccc2)CC1. The van der Waals surface area contributed by atoms with Crippen molar-refractivity contribution in [2.45, 2.75) is 25.7 Å². The molecule has 6 nitrogen and oxygen atoms in total. The largest absolute Gasteiger partial charge is 0.368 e. The van der Waals surface area contributed by atoms with Crippen LogP contribution in [0.25, 0.3) is 0 Å². The molecule has 2 heterocycles. The summed E-state index contributed by atoms with van der Waals surface area (Å²) < 4.78 is 27.4. The maximum Gasteiger partial charge on any atom is 0.227 e. The zero-order valence-electron chi connectivity index (χ0n) is 18.6. The van der Waals surface area contributed by atoms with Gasteiger partial charge in [-0.25, -0.2) is 12.7 Å². The van der Waals surface area contributed by atoms with E-state index in [-0.39, 0.29) is 17.6 Å². The van der Waals surface area contributed by atoms with Gasteiger partial charge in [0.05, 0.1) is 11.7 Å². The topological polar surface area (TPSA) is 60.9 Å². The van der Waals surface area contributed by atoms with Crippen LogP contribution in [-0.2, 0) is 21.2 Å². The van der Waals surface area contributed by atoms with Gasteiger partial charge in [0.25, 0.3) is 0 Å². The zero-order chi connectivity index (χ0) is 22.4. The van der Waals surface area contributed by atoms with Crippen molar-refractivity contribution in [2.75, 3.05) is 49.9 Å². The van der Waals surface area contributed by atoms with E-state index in [2.05, 4.69) is 17.0 Å². The van der Waals surface area contributed by atoms with Crippen molar-refractivity contribution in [1.29, 1.82) is 0 Å². The Hall–Kier alpha value is -2.38. The van der Waals surface area contributed by atoms with Gasteiger partial charge in [0, 0.05) is 45.0 Å². The molecule has 2 aromatic rings. The number of rotatable bonds is 7. The Morgan fingerprint density at radius 3 is 2.22 bits per heavy atom. The molecule has 0 aliphatic carbocycles. The summed E-state index contributed by atoms with van der Waals surface area (Å²) in [5.74, 6) is 0.0243. The van der Waals surface area contributed by atoms with Gasteiger partial charge in [0.2, 0.25) is 15.9 Å². The lowest BCUT2D eigenvalue weighted by Gasteiger charge is -2.39. The first kappa shape index (κ1) is 22.8. The van der Waals surface area contributed by atoms with Gasteiger partial charge in [-0.05, 0) is 43.4 Å². The first-order chi connectivity index (χ1) is 15.5. The van der Waals surface area contributed by atoms with Crippen molar-refractivity contribution in [2.24, 2.45) is 5.92 Å². The quantitative estimate of drug-likeness (QED) is 0.644. The third-order valence-electron chi connectivity index (χ3n) is 6.55. The predicted molar refractivity (Wildman–Crippen MR) is 128 cm³/mol. The molecule has 0 spiro atoms. The Balaban J connectivity index is 1.28. The van der Waals surface area contributed by atoms with Crippen LogP contribution >= 0.6 is 0 Å². The molecular formula is C25H33N3O3S. The van der Waals surface area contributed by atoms with E-state index >= 15 is 0 Å². The molecular weight excluding hydrogens is 422 g/mol. The molecule has 0 bridgehead atoms. The van der Waals surface area contributed by atoms with Crippen LogP contribution in [0.1, 0.15) is 24.8 Å². The van der Waals surface area contributed by atoms with Crippen LogP contribution in [-0.4, -0.2) is 68.6 Å². The molecule has 1 unspecified atom stereocenters. The van der Waals surface area contributed by atoms with Crippen LogP contribution in [0.2, 0.25) is 0 Å². The maximum absolute atomic E-state index is 13.2. The molecule has 2 saturated heterocycles.